The zero-order chi connectivity index (χ0) is 12.3. The van der Waals surface area contributed by atoms with Gasteiger partial charge in [-0.15, -0.1) is 0 Å². The Kier molecular flexibility index (Phi) is 3.48. The summed E-state index contributed by atoms with van der Waals surface area (Å²) in [4.78, 5) is 15.0. The fourth-order valence-electron chi connectivity index (χ4n) is 1.01. The van der Waals surface area contributed by atoms with E-state index in [0.29, 0.717) is 0 Å². The molecule has 0 aliphatic heterocycles. The quantitative estimate of drug-likeness (QED) is 0.711. The number of esters is 1. The Bertz CT molecular complexity index is 509. The van der Waals surface area contributed by atoms with Crippen LogP contribution in [0.15, 0.2) is 17.2 Å². The Hall–Kier alpha value is -1.63. The standard InChI is InChI=1S/C9H11NO5S/c1-14-7-4-6(9(11)15-2)5-8(10-7)16(3,12)13/h4-5H,1-3H3. The number of nitrogens with zero attached hydrogens (tertiary/aromatic N) is 1. The van der Waals surface area contributed by atoms with Crippen molar-refractivity contribution in [3.63, 3.8) is 0 Å². The topological polar surface area (TPSA) is 82.6 Å². The predicted octanol–water partition coefficient (Wildman–Crippen LogP) is 0.280. The summed E-state index contributed by atoms with van der Waals surface area (Å²) in [5, 5.41) is -0.229. The van der Waals surface area contributed by atoms with Crippen LogP contribution in [0.2, 0.25) is 0 Å². The SMILES string of the molecule is COC(=O)c1cc(OC)nc(S(C)(=O)=O)c1. The number of ether oxygens (including phenoxy) is 2. The van der Waals surface area contributed by atoms with Gasteiger partial charge in [0, 0.05) is 12.3 Å². The highest BCUT2D eigenvalue weighted by Gasteiger charge is 2.16. The molecule has 1 heterocycles. The van der Waals surface area contributed by atoms with E-state index < -0.39 is 15.8 Å². The van der Waals surface area contributed by atoms with Crippen molar-refractivity contribution in [1.29, 1.82) is 0 Å². The van der Waals surface area contributed by atoms with Gasteiger partial charge in [-0.2, -0.15) is 0 Å². The molecule has 7 heteroatoms. The first-order chi connectivity index (χ1) is 7.38. The maximum atomic E-state index is 11.3. The molecule has 0 saturated carbocycles. The summed E-state index contributed by atoms with van der Waals surface area (Å²) >= 11 is 0. The molecule has 16 heavy (non-hydrogen) atoms. The van der Waals surface area contributed by atoms with Gasteiger partial charge in [-0.25, -0.2) is 18.2 Å². The van der Waals surface area contributed by atoms with E-state index in [4.69, 9.17) is 4.74 Å². The smallest absolute Gasteiger partial charge is 0.338 e. The van der Waals surface area contributed by atoms with E-state index in [0.717, 1.165) is 12.3 Å². The Morgan fingerprint density at radius 2 is 1.94 bits per heavy atom. The van der Waals surface area contributed by atoms with Gasteiger partial charge in [0.25, 0.3) is 0 Å². The van der Waals surface area contributed by atoms with Gasteiger partial charge in [-0.1, -0.05) is 0 Å². The first-order valence-electron chi connectivity index (χ1n) is 4.23. The molecular formula is C9H11NO5S. The summed E-state index contributed by atoms with van der Waals surface area (Å²) < 4.78 is 31.9. The molecule has 0 aliphatic carbocycles. The van der Waals surface area contributed by atoms with Crippen LogP contribution in [0, 0.1) is 0 Å². The molecule has 0 bridgehead atoms. The van der Waals surface area contributed by atoms with Crippen LogP contribution in [-0.4, -0.2) is 39.8 Å². The summed E-state index contributed by atoms with van der Waals surface area (Å²) in [6.07, 6.45) is 0.996. The van der Waals surface area contributed by atoms with E-state index >= 15 is 0 Å². The van der Waals surface area contributed by atoms with Crippen molar-refractivity contribution in [2.75, 3.05) is 20.5 Å². The number of sulfone groups is 1. The van der Waals surface area contributed by atoms with Gasteiger partial charge in [0.2, 0.25) is 5.88 Å². The fraction of sp³-hybridized carbons (Fsp3) is 0.333. The highest BCUT2D eigenvalue weighted by Crippen LogP contribution is 2.16. The second kappa shape index (κ2) is 4.48. The van der Waals surface area contributed by atoms with E-state index in [-0.39, 0.29) is 16.5 Å². The molecule has 0 atom stereocenters. The lowest BCUT2D eigenvalue weighted by Crippen LogP contribution is -2.07. The average Bonchev–Trinajstić information content (AvgIpc) is 2.26. The number of carbonyl (C=O) groups excluding carboxylic acids is 1. The highest BCUT2D eigenvalue weighted by atomic mass is 32.2. The van der Waals surface area contributed by atoms with Gasteiger partial charge in [0.1, 0.15) is 0 Å². The summed E-state index contributed by atoms with van der Waals surface area (Å²) in [5.41, 5.74) is 0.0785. The van der Waals surface area contributed by atoms with Gasteiger partial charge in [0.15, 0.2) is 14.9 Å². The molecule has 0 N–H and O–H groups in total. The van der Waals surface area contributed by atoms with Crippen LogP contribution in [0.4, 0.5) is 0 Å². The van der Waals surface area contributed by atoms with Crippen LogP contribution >= 0.6 is 0 Å². The Morgan fingerprint density at radius 1 is 1.31 bits per heavy atom. The lowest BCUT2D eigenvalue weighted by atomic mass is 10.3. The molecular weight excluding hydrogens is 234 g/mol. The van der Waals surface area contributed by atoms with E-state index in [1.165, 1.54) is 20.3 Å². The molecule has 1 aromatic heterocycles. The first kappa shape index (κ1) is 12.4. The molecule has 1 rings (SSSR count). The molecule has 1 aromatic rings. The van der Waals surface area contributed by atoms with Gasteiger partial charge in [-0.05, 0) is 6.07 Å². The normalized spacial score (nSPS) is 10.9. The lowest BCUT2D eigenvalue weighted by Gasteiger charge is -2.05. The van der Waals surface area contributed by atoms with Crippen molar-refractivity contribution in [3.8, 4) is 5.88 Å². The van der Waals surface area contributed by atoms with Crippen LogP contribution < -0.4 is 4.74 Å². The number of pyridine rings is 1. The van der Waals surface area contributed by atoms with Crippen molar-refractivity contribution in [2.45, 2.75) is 5.03 Å². The first-order valence-corrected chi connectivity index (χ1v) is 6.12. The van der Waals surface area contributed by atoms with E-state index in [1.54, 1.807) is 0 Å². The molecule has 6 nitrogen and oxygen atoms in total. The third-order valence-electron chi connectivity index (χ3n) is 1.79. The summed E-state index contributed by atoms with van der Waals surface area (Å²) in [6.45, 7) is 0. The summed E-state index contributed by atoms with van der Waals surface area (Å²) in [7, 11) is -0.966. The second-order valence-electron chi connectivity index (χ2n) is 3.00. The van der Waals surface area contributed by atoms with E-state index in [9.17, 15) is 13.2 Å². The minimum Gasteiger partial charge on any atom is -0.481 e. The van der Waals surface area contributed by atoms with E-state index in [2.05, 4.69) is 9.72 Å². The predicted molar refractivity (Wildman–Crippen MR) is 55.2 cm³/mol. The third kappa shape index (κ3) is 2.69. The summed E-state index contributed by atoms with van der Waals surface area (Å²) in [5.74, 6) is -0.603. The average molecular weight is 245 g/mol. The molecule has 0 spiro atoms. The molecule has 0 fully saturated rings. The monoisotopic (exact) mass is 245 g/mol. The van der Waals surface area contributed by atoms with Crippen LogP contribution in [0.3, 0.4) is 0 Å². The lowest BCUT2D eigenvalue weighted by molar-refractivity contribution is 0.0599. The Balaban J connectivity index is 3.38. The minimum atomic E-state index is -3.50. The largest absolute Gasteiger partial charge is 0.481 e. The fourth-order valence-corrected chi connectivity index (χ4v) is 1.61. The van der Waals surface area contributed by atoms with Crippen LogP contribution in [0.5, 0.6) is 5.88 Å². The Morgan fingerprint density at radius 3 is 2.38 bits per heavy atom. The van der Waals surface area contributed by atoms with Crippen molar-refractivity contribution in [3.05, 3.63) is 17.7 Å². The number of carbonyl (C=O) groups is 1. The maximum absolute atomic E-state index is 11.3. The molecule has 0 radical (unpaired) electrons. The van der Waals surface area contributed by atoms with Crippen LogP contribution in [0.25, 0.3) is 0 Å². The van der Waals surface area contributed by atoms with Crippen molar-refractivity contribution in [2.24, 2.45) is 0 Å². The second-order valence-corrected chi connectivity index (χ2v) is 4.96. The number of hydrogen-bond acceptors (Lipinski definition) is 6. The minimum absolute atomic E-state index is 0.0447. The Labute approximate surface area is 93.1 Å². The van der Waals surface area contributed by atoms with Gasteiger partial charge < -0.3 is 9.47 Å². The van der Waals surface area contributed by atoms with E-state index in [1.807, 2.05) is 0 Å². The maximum Gasteiger partial charge on any atom is 0.338 e. The number of rotatable bonds is 3. The molecule has 0 aromatic carbocycles. The number of methoxy groups -OCH3 is 2. The van der Waals surface area contributed by atoms with Crippen molar-refractivity contribution < 1.29 is 22.7 Å². The third-order valence-corrected chi connectivity index (χ3v) is 2.76. The number of hydrogen-bond donors (Lipinski definition) is 0. The molecule has 0 unspecified atom stereocenters. The molecule has 88 valence electrons. The van der Waals surface area contributed by atoms with Gasteiger partial charge >= 0.3 is 5.97 Å². The summed E-state index contributed by atoms with van der Waals surface area (Å²) in [6, 6.07) is 2.45. The molecule has 0 amide bonds. The molecule has 0 aliphatic rings. The van der Waals surface area contributed by atoms with Gasteiger partial charge in [-0.3, -0.25) is 0 Å². The molecule has 0 saturated heterocycles. The van der Waals surface area contributed by atoms with Crippen molar-refractivity contribution in [1.82, 2.24) is 4.98 Å². The zero-order valence-corrected chi connectivity index (χ0v) is 9.87. The van der Waals surface area contributed by atoms with Crippen molar-refractivity contribution >= 4 is 15.8 Å². The van der Waals surface area contributed by atoms with Gasteiger partial charge in [0.05, 0.1) is 19.8 Å². The number of aromatic nitrogens is 1. The zero-order valence-electron chi connectivity index (χ0n) is 9.05. The highest BCUT2D eigenvalue weighted by molar-refractivity contribution is 7.90. The van der Waals surface area contributed by atoms with Crippen LogP contribution in [0.1, 0.15) is 10.4 Å². The van der Waals surface area contributed by atoms with Crippen LogP contribution in [-0.2, 0) is 14.6 Å².